The molecule has 0 heterocycles. The van der Waals surface area contributed by atoms with Crippen LogP contribution in [0.5, 0.6) is 0 Å². The van der Waals surface area contributed by atoms with E-state index in [1.165, 1.54) is 0 Å². The number of rotatable bonds is 1. The summed E-state index contributed by atoms with van der Waals surface area (Å²) in [6, 6.07) is 0. The predicted molar refractivity (Wildman–Crippen MR) is 35.4 cm³/mol. The fraction of sp³-hybridized carbons (Fsp3) is 1.00. The molecule has 1 radical (unpaired) electrons. The van der Waals surface area contributed by atoms with Crippen molar-refractivity contribution in [3.05, 3.63) is 0 Å². The topological polar surface area (TPSA) is 19.9 Å². The molecular weight excluding hydrogens is 271 g/mol. The second kappa shape index (κ2) is 3.66. The minimum Gasteiger partial charge on any atom is -0.228 e. The molecule has 0 aromatic carbocycles. The molecule has 0 aliphatic heterocycles. The zero-order valence-corrected chi connectivity index (χ0v) is 8.31. The zero-order valence-electron chi connectivity index (χ0n) is 8.31. The van der Waals surface area contributed by atoms with Crippen LogP contribution in [-0.2, 0) is 5.11 Å². The molecule has 17 heavy (non-hydrogen) atoms. The highest BCUT2D eigenvalue weighted by molar-refractivity contribution is 5.08. The van der Waals surface area contributed by atoms with Gasteiger partial charge in [-0.1, -0.05) is 0 Å². The summed E-state index contributed by atoms with van der Waals surface area (Å²) in [5.41, 5.74) is -10.7. The smallest absolute Gasteiger partial charge is 0.228 e. The van der Waals surface area contributed by atoms with Gasteiger partial charge in [0.25, 0.3) is 5.41 Å². The Kier molecular flexibility index (Phi) is 3.52. The van der Waals surface area contributed by atoms with E-state index in [1.807, 2.05) is 0 Å². The van der Waals surface area contributed by atoms with Crippen molar-refractivity contribution in [2.75, 3.05) is 0 Å². The summed E-state index contributed by atoms with van der Waals surface area (Å²) in [4.78, 5) is 0. The van der Waals surface area contributed by atoms with Crippen molar-refractivity contribution < 1.29 is 44.6 Å². The van der Waals surface area contributed by atoms with Crippen LogP contribution in [0.2, 0.25) is 0 Å². The number of halogens is 9. The first-order valence-electron chi connectivity index (χ1n) is 3.90. The van der Waals surface area contributed by atoms with Gasteiger partial charge in [0.2, 0.25) is 0 Å². The zero-order chi connectivity index (χ0) is 14.5. The van der Waals surface area contributed by atoms with Crippen molar-refractivity contribution in [3.8, 4) is 0 Å². The van der Waals surface area contributed by atoms with Gasteiger partial charge in [-0.2, -0.15) is 39.5 Å². The SMILES string of the molecule is CC(C)([O])C(C(F)(F)F)(C(F)(F)F)C(F)(F)F. The van der Waals surface area contributed by atoms with Crippen molar-refractivity contribution in [3.63, 3.8) is 0 Å². The second-order valence-electron chi connectivity index (χ2n) is 3.75. The largest absolute Gasteiger partial charge is 0.415 e. The molecule has 0 aromatic heterocycles. The lowest BCUT2D eigenvalue weighted by Crippen LogP contribution is -2.69. The van der Waals surface area contributed by atoms with Gasteiger partial charge in [-0.15, -0.1) is 0 Å². The maximum Gasteiger partial charge on any atom is 0.415 e. The lowest BCUT2D eigenvalue weighted by atomic mass is 9.71. The molecule has 0 aromatic rings. The van der Waals surface area contributed by atoms with Gasteiger partial charge < -0.3 is 0 Å². The van der Waals surface area contributed by atoms with E-state index in [0.717, 1.165) is 0 Å². The molecule has 0 N–H and O–H groups in total. The first-order chi connectivity index (χ1) is 7.00. The number of hydrogen-bond donors (Lipinski definition) is 0. The predicted octanol–water partition coefficient (Wildman–Crippen LogP) is 3.87. The van der Waals surface area contributed by atoms with Crippen molar-refractivity contribution in [2.24, 2.45) is 5.41 Å². The van der Waals surface area contributed by atoms with Crippen LogP contribution in [0.1, 0.15) is 13.8 Å². The molecular formula is C7H6F9O. The fourth-order valence-electron chi connectivity index (χ4n) is 1.51. The third kappa shape index (κ3) is 2.18. The highest BCUT2D eigenvalue weighted by Gasteiger charge is 2.89. The van der Waals surface area contributed by atoms with E-state index in [0.29, 0.717) is 0 Å². The summed E-state index contributed by atoms with van der Waals surface area (Å²) in [6.07, 6.45) is -20.4. The van der Waals surface area contributed by atoms with Crippen molar-refractivity contribution in [1.29, 1.82) is 0 Å². The minimum absolute atomic E-state index is 0.304. The standard InChI is InChI=1S/C7H6F9O/c1-3(2,17)4(5(8,9)10,6(11,12)13)7(14,15)16/h1-2H3. The molecule has 1 nitrogen and oxygen atoms in total. The van der Waals surface area contributed by atoms with Gasteiger partial charge >= 0.3 is 18.5 Å². The van der Waals surface area contributed by atoms with Crippen molar-refractivity contribution in [1.82, 2.24) is 0 Å². The van der Waals surface area contributed by atoms with Gasteiger partial charge in [-0.05, 0) is 13.8 Å². The third-order valence-corrected chi connectivity index (χ3v) is 2.18. The summed E-state index contributed by atoms with van der Waals surface area (Å²) in [6.45, 7) is -0.608. The lowest BCUT2D eigenvalue weighted by molar-refractivity contribution is -0.468. The van der Waals surface area contributed by atoms with E-state index in [9.17, 15) is 44.6 Å². The van der Waals surface area contributed by atoms with Crippen LogP contribution in [0.3, 0.4) is 0 Å². The second-order valence-corrected chi connectivity index (χ2v) is 3.75. The Hall–Kier alpha value is -0.670. The minimum atomic E-state index is -6.80. The molecule has 0 aliphatic rings. The van der Waals surface area contributed by atoms with Gasteiger partial charge in [0, 0.05) is 0 Å². The summed E-state index contributed by atoms with van der Waals surface area (Å²) in [5, 5.41) is 10.9. The molecule has 0 aliphatic carbocycles. The molecule has 0 bridgehead atoms. The highest BCUT2D eigenvalue weighted by atomic mass is 19.4. The quantitative estimate of drug-likeness (QED) is 0.648. The third-order valence-electron chi connectivity index (χ3n) is 2.18. The van der Waals surface area contributed by atoms with Crippen LogP contribution in [-0.4, -0.2) is 24.1 Å². The van der Waals surface area contributed by atoms with E-state index < -0.39 is 29.5 Å². The monoisotopic (exact) mass is 277 g/mol. The Morgan fingerprint density at radius 1 is 0.588 bits per heavy atom. The van der Waals surface area contributed by atoms with Crippen LogP contribution in [0.4, 0.5) is 39.5 Å². The van der Waals surface area contributed by atoms with Gasteiger partial charge in [-0.25, -0.2) is 5.11 Å². The molecule has 0 saturated carbocycles. The lowest BCUT2D eigenvalue weighted by Gasteiger charge is -2.44. The van der Waals surface area contributed by atoms with Gasteiger partial charge in [0.05, 0.1) is 0 Å². The molecule has 10 heteroatoms. The van der Waals surface area contributed by atoms with Crippen LogP contribution in [0.25, 0.3) is 0 Å². The Labute approximate surface area is 89.2 Å². The summed E-state index contributed by atoms with van der Waals surface area (Å²) >= 11 is 0. The Morgan fingerprint density at radius 3 is 0.765 bits per heavy atom. The number of hydrogen-bond acceptors (Lipinski definition) is 0. The normalized spacial score (nSPS) is 16.2. The Balaban J connectivity index is 6.37. The van der Waals surface area contributed by atoms with Gasteiger partial charge in [-0.3, -0.25) is 0 Å². The van der Waals surface area contributed by atoms with E-state index in [1.54, 1.807) is 0 Å². The van der Waals surface area contributed by atoms with Crippen LogP contribution in [0, 0.1) is 5.41 Å². The molecule has 0 rings (SSSR count). The van der Waals surface area contributed by atoms with Crippen LogP contribution >= 0.6 is 0 Å². The Morgan fingerprint density at radius 2 is 0.765 bits per heavy atom. The molecule has 0 unspecified atom stereocenters. The maximum absolute atomic E-state index is 12.2. The molecule has 0 fully saturated rings. The highest BCUT2D eigenvalue weighted by Crippen LogP contribution is 2.64. The van der Waals surface area contributed by atoms with E-state index >= 15 is 0 Å². The van der Waals surface area contributed by atoms with E-state index in [4.69, 9.17) is 0 Å². The van der Waals surface area contributed by atoms with Crippen molar-refractivity contribution >= 4 is 0 Å². The molecule has 0 saturated heterocycles. The summed E-state index contributed by atoms with van der Waals surface area (Å²) < 4.78 is 110. The molecule has 103 valence electrons. The molecule has 0 atom stereocenters. The first-order valence-corrected chi connectivity index (χ1v) is 3.90. The average Bonchev–Trinajstić information content (AvgIpc) is 1.67. The molecule has 0 spiro atoms. The summed E-state index contributed by atoms with van der Waals surface area (Å²) in [7, 11) is 0. The number of alkyl halides is 9. The fourth-order valence-corrected chi connectivity index (χ4v) is 1.51. The van der Waals surface area contributed by atoms with E-state index in [2.05, 4.69) is 0 Å². The van der Waals surface area contributed by atoms with Crippen LogP contribution < -0.4 is 0 Å². The van der Waals surface area contributed by atoms with Gasteiger partial charge in [0.1, 0.15) is 5.60 Å². The van der Waals surface area contributed by atoms with Crippen LogP contribution in [0.15, 0.2) is 0 Å². The van der Waals surface area contributed by atoms with Gasteiger partial charge in [0.15, 0.2) is 0 Å². The first kappa shape index (κ1) is 16.3. The summed E-state index contributed by atoms with van der Waals surface area (Å²) in [5.74, 6) is 0. The van der Waals surface area contributed by atoms with Crippen molar-refractivity contribution in [2.45, 2.75) is 38.0 Å². The van der Waals surface area contributed by atoms with E-state index in [-0.39, 0.29) is 13.8 Å². The maximum atomic E-state index is 12.2. The Bertz CT molecular complexity index is 214. The molecule has 0 amide bonds. The average molecular weight is 277 g/mol.